The number of amides is 1. The van der Waals surface area contributed by atoms with E-state index in [1.54, 1.807) is 0 Å². The molecule has 1 saturated heterocycles. The van der Waals surface area contributed by atoms with E-state index >= 15 is 0 Å². The van der Waals surface area contributed by atoms with E-state index in [1.165, 1.54) is 11.1 Å². The number of aryl methyl sites for hydroxylation is 1. The third kappa shape index (κ3) is 4.32. The average Bonchev–Trinajstić information content (AvgIpc) is 2.48. The second-order valence-corrected chi connectivity index (χ2v) is 5.41. The third-order valence-electron chi connectivity index (χ3n) is 3.75. The van der Waals surface area contributed by atoms with Crippen molar-refractivity contribution >= 4 is 5.91 Å². The number of nitrogens with one attached hydrogen (secondary N) is 1. The minimum absolute atomic E-state index is 0.171. The van der Waals surface area contributed by atoms with Crippen LogP contribution >= 0.6 is 0 Å². The second kappa shape index (κ2) is 7.41. The Morgan fingerprint density at radius 2 is 2.05 bits per heavy atom. The molecule has 1 atom stereocenters. The minimum atomic E-state index is 0.171. The number of morpholine rings is 1. The van der Waals surface area contributed by atoms with E-state index in [1.807, 2.05) is 4.90 Å². The highest BCUT2D eigenvalue weighted by atomic mass is 16.5. The van der Waals surface area contributed by atoms with Crippen LogP contribution in [0, 0.1) is 6.92 Å². The lowest BCUT2D eigenvalue weighted by atomic mass is 10.0. The summed E-state index contributed by atoms with van der Waals surface area (Å²) in [5.74, 6) is 0.171. The summed E-state index contributed by atoms with van der Waals surface area (Å²) < 4.78 is 5.25. The monoisotopic (exact) mass is 276 g/mol. The SMILES string of the molecule is Cc1ccccc1C[C@@H](C)NCC(=O)N1CCOCC1. The molecule has 1 aliphatic rings. The number of nitrogens with zero attached hydrogens (tertiary/aromatic N) is 1. The summed E-state index contributed by atoms with van der Waals surface area (Å²) in [5, 5.41) is 3.32. The molecule has 1 amide bonds. The van der Waals surface area contributed by atoms with Crippen molar-refractivity contribution in [2.24, 2.45) is 0 Å². The van der Waals surface area contributed by atoms with Crippen LogP contribution in [0.1, 0.15) is 18.1 Å². The van der Waals surface area contributed by atoms with Gasteiger partial charge in [-0.05, 0) is 31.4 Å². The molecule has 0 bridgehead atoms. The van der Waals surface area contributed by atoms with Crippen molar-refractivity contribution in [1.29, 1.82) is 0 Å². The quantitative estimate of drug-likeness (QED) is 0.883. The number of rotatable bonds is 5. The molecule has 1 aromatic rings. The summed E-state index contributed by atoms with van der Waals surface area (Å²) >= 11 is 0. The first kappa shape index (κ1) is 15.0. The Morgan fingerprint density at radius 1 is 1.35 bits per heavy atom. The molecule has 2 rings (SSSR count). The van der Waals surface area contributed by atoms with Crippen LogP contribution in [0.5, 0.6) is 0 Å². The highest BCUT2D eigenvalue weighted by Crippen LogP contribution is 2.09. The molecular formula is C16H24N2O2. The van der Waals surface area contributed by atoms with Gasteiger partial charge in [0.15, 0.2) is 0 Å². The maximum atomic E-state index is 12.0. The third-order valence-corrected chi connectivity index (χ3v) is 3.75. The Balaban J connectivity index is 1.76. The largest absolute Gasteiger partial charge is 0.378 e. The van der Waals surface area contributed by atoms with Crippen LogP contribution in [0.2, 0.25) is 0 Å². The summed E-state index contributed by atoms with van der Waals surface area (Å²) in [6.45, 7) is 7.40. The maximum Gasteiger partial charge on any atom is 0.236 e. The van der Waals surface area contributed by atoms with Crippen molar-refractivity contribution in [3.8, 4) is 0 Å². The molecule has 1 aliphatic heterocycles. The van der Waals surface area contributed by atoms with Crippen molar-refractivity contribution in [3.05, 3.63) is 35.4 Å². The molecule has 0 unspecified atom stereocenters. The maximum absolute atomic E-state index is 12.0. The van der Waals surface area contributed by atoms with E-state index in [9.17, 15) is 4.79 Å². The van der Waals surface area contributed by atoms with E-state index < -0.39 is 0 Å². The van der Waals surface area contributed by atoms with Crippen LogP contribution in [0.15, 0.2) is 24.3 Å². The molecule has 0 radical (unpaired) electrons. The van der Waals surface area contributed by atoms with Gasteiger partial charge in [-0.3, -0.25) is 4.79 Å². The number of benzene rings is 1. The molecule has 1 N–H and O–H groups in total. The van der Waals surface area contributed by atoms with Gasteiger partial charge in [0.05, 0.1) is 19.8 Å². The molecule has 1 aromatic carbocycles. The summed E-state index contributed by atoms with van der Waals surface area (Å²) in [7, 11) is 0. The molecule has 4 heteroatoms. The lowest BCUT2D eigenvalue weighted by Crippen LogP contribution is -2.46. The van der Waals surface area contributed by atoms with E-state index in [0.717, 1.165) is 6.42 Å². The number of carbonyl (C=O) groups is 1. The first-order chi connectivity index (χ1) is 9.66. The van der Waals surface area contributed by atoms with Crippen molar-refractivity contribution < 1.29 is 9.53 Å². The first-order valence-electron chi connectivity index (χ1n) is 7.30. The van der Waals surface area contributed by atoms with Crippen LogP contribution in [0.3, 0.4) is 0 Å². The normalized spacial score (nSPS) is 17.0. The molecule has 4 nitrogen and oxygen atoms in total. The van der Waals surface area contributed by atoms with E-state index in [4.69, 9.17) is 4.74 Å². The highest BCUT2D eigenvalue weighted by molar-refractivity contribution is 5.78. The Kier molecular flexibility index (Phi) is 5.56. The van der Waals surface area contributed by atoms with Crippen LogP contribution in [-0.4, -0.2) is 49.7 Å². The summed E-state index contributed by atoms with van der Waals surface area (Å²) in [5.41, 5.74) is 2.65. The van der Waals surface area contributed by atoms with Gasteiger partial charge in [0.1, 0.15) is 0 Å². The smallest absolute Gasteiger partial charge is 0.236 e. The number of hydrogen-bond acceptors (Lipinski definition) is 3. The van der Waals surface area contributed by atoms with Crippen LogP contribution in [0.4, 0.5) is 0 Å². The van der Waals surface area contributed by atoms with E-state index in [0.29, 0.717) is 38.9 Å². The Labute approximate surface area is 121 Å². The molecule has 0 saturated carbocycles. The van der Waals surface area contributed by atoms with Gasteiger partial charge in [-0.1, -0.05) is 24.3 Å². The number of ether oxygens (including phenoxy) is 1. The van der Waals surface area contributed by atoms with E-state index in [-0.39, 0.29) is 5.91 Å². The fourth-order valence-electron chi connectivity index (χ4n) is 2.43. The molecule has 0 aliphatic carbocycles. The molecule has 110 valence electrons. The molecule has 0 spiro atoms. The molecule has 20 heavy (non-hydrogen) atoms. The molecule has 0 aromatic heterocycles. The van der Waals surface area contributed by atoms with Crippen LogP contribution < -0.4 is 5.32 Å². The van der Waals surface area contributed by atoms with E-state index in [2.05, 4.69) is 43.4 Å². The fraction of sp³-hybridized carbons (Fsp3) is 0.562. The summed E-state index contributed by atoms with van der Waals surface area (Å²) in [6.07, 6.45) is 0.947. The zero-order chi connectivity index (χ0) is 14.4. The van der Waals surface area contributed by atoms with Gasteiger partial charge >= 0.3 is 0 Å². The molecule has 1 fully saturated rings. The Hall–Kier alpha value is -1.39. The van der Waals surface area contributed by atoms with Gasteiger partial charge in [-0.15, -0.1) is 0 Å². The van der Waals surface area contributed by atoms with Gasteiger partial charge in [0.25, 0.3) is 0 Å². The predicted octanol–water partition coefficient (Wildman–Crippen LogP) is 1.37. The van der Waals surface area contributed by atoms with Crippen LogP contribution in [-0.2, 0) is 16.0 Å². The Morgan fingerprint density at radius 3 is 2.75 bits per heavy atom. The van der Waals surface area contributed by atoms with Gasteiger partial charge in [0, 0.05) is 19.1 Å². The predicted molar refractivity (Wildman–Crippen MR) is 79.7 cm³/mol. The Bertz CT molecular complexity index is 442. The first-order valence-corrected chi connectivity index (χ1v) is 7.30. The molecular weight excluding hydrogens is 252 g/mol. The number of hydrogen-bond donors (Lipinski definition) is 1. The van der Waals surface area contributed by atoms with Crippen molar-refractivity contribution in [2.45, 2.75) is 26.3 Å². The van der Waals surface area contributed by atoms with Crippen molar-refractivity contribution in [2.75, 3.05) is 32.8 Å². The van der Waals surface area contributed by atoms with Crippen molar-refractivity contribution in [3.63, 3.8) is 0 Å². The summed E-state index contributed by atoms with van der Waals surface area (Å²) in [4.78, 5) is 13.9. The standard InChI is InChI=1S/C16H24N2O2/c1-13-5-3-4-6-15(13)11-14(2)17-12-16(19)18-7-9-20-10-8-18/h3-6,14,17H,7-12H2,1-2H3/t14-/m1/s1. The van der Waals surface area contributed by atoms with Gasteiger partial charge in [0.2, 0.25) is 5.91 Å². The van der Waals surface area contributed by atoms with Gasteiger partial charge < -0.3 is 15.0 Å². The zero-order valence-corrected chi connectivity index (χ0v) is 12.4. The average molecular weight is 276 g/mol. The fourth-order valence-corrected chi connectivity index (χ4v) is 2.43. The zero-order valence-electron chi connectivity index (χ0n) is 12.4. The lowest BCUT2D eigenvalue weighted by Gasteiger charge is -2.27. The number of carbonyl (C=O) groups excluding carboxylic acids is 1. The minimum Gasteiger partial charge on any atom is -0.378 e. The highest BCUT2D eigenvalue weighted by Gasteiger charge is 2.17. The topological polar surface area (TPSA) is 41.6 Å². The van der Waals surface area contributed by atoms with Gasteiger partial charge in [-0.2, -0.15) is 0 Å². The summed E-state index contributed by atoms with van der Waals surface area (Å²) in [6, 6.07) is 8.69. The van der Waals surface area contributed by atoms with Crippen LogP contribution in [0.25, 0.3) is 0 Å². The second-order valence-electron chi connectivity index (χ2n) is 5.41. The molecule has 1 heterocycles. The lowest BCUT2D eigenvalue weighted by molar-refractivity contribution is -0.134. The van der Waals surface area contributed by atoms with Crippen molar-refractivity contribution in [1.82, 2.24) is 10.2 Å². The van der Waals surface area contributed by atoms with Gasteiger partial charge in [-0.25, -0.2) is 0 Å².